The molecule has 0 aliphatic carbocycles. The molecule has 1 aromatic carbocycles. The van der Waals surface area contributed by atoms with E-state index in [1.165, 1.54) is 5.69 Å². The number of rotatable bonds is 5. The first-order chi connectivity index (χ1) is 14.1. The Labute approximate surface area is 175 Å². The van der Waals surface area contributed by atoms with E-state index in [2.05, 4.69) is 52.0 Å². The van der Waals surface area contributed by atoms with Crippen molar-refractivity contribution in [2.24, 2.45) is 5.73 Å². The van der Waals surface area contributed by atoms with Crippen molar-refractivity contribution >= 4 is 28.7 Å². The predicted octanol–water partition coefficient (Wildman–Crippen LogP) is 2.22. The van der Waals surface area contributed by atoms with Crippen molar-refractivity contribution in [1.29, 1.82) is 5.26 Å². The lowest BCUT2D eigenvalue weighted by Gasteiger charge is -2.34. The quantitative estimate of drug-likeness (QED) is 0.760. The maximum absolute atomic E-state index is 11.8. The Balaban J connectivity index is 1.48. The Morgan fingerprint density at radius 2 is 1.97 bits per heavy atom. The molecular weight excluding hydrogens is 384 g/mol. The molecule has 2 aliphatic rings. The minimum Gasteiger partial charge on any atom is -0.369 e. The number of benzene rings is 1. The van der Waals surface area contributed by atoms with Gasteiger partial charge in [0.1, 0.15) is 16.9 Å². The number of anilines is 2. The summed E-state index contributed by atoms with van der Waals surface area (Å²) in [7, 11) is 0. The highest BCUT2D eigenvalue weighted by Crippen LogP contribution is 2.36. The molecule has 4 rings (SSSR count). The maximum Gasteiger partial charge on any atom is 0.240 e. The third-order valence-electron chi connectivity index (χ3n) is 5.77. The van der Waals surface area contributed by atoms with Crippen LogP contribution in [0.4, 0.5) is 11.5 Å². The molecule has 2 fully saturated rings. The highest BCUT2D eigenvalue weighted by atomic mass is 32.1. The number of nitrogens with two attached hydrogens (primary N) is 1. The molecule has 7 nitrogen and oxygen atoms in total. The average Bonchev–Trinajstić information content (AvgIpc) is 3.35. The summed E-state index contributed by atoms with van der Waals surface area (Å²) in [5.41, 5.74) is 7.87. The summed E-state index contributed by atoms with van der Waals surface area (Å²) in [5, 5.41) is 9.81. The maximum atomic E-state index is 11.8. The number of amides is 1. The zero-order chi connectivity index (χ0) is 20.4. The van der Waals surface area contributed by atoms with E-state index in [1.54, 1.807) is 11.3 Å². The minimum absolute atomic E-state index is 0.245. The number of nitrogens with zero attached hydrogens (tertiary/aromatic N) is 5. The Morgan fingerprint density at radius 3 is 2.62 bits per heavy atom. The fourth-order valence-corrected chi connectivity index (χ4v) is 5.10. The van der Waals surface area contributed by atoms with Gasteiger partial charge in [0.15, 0.2) is 0 Å². The smallest absolute Gasteiger partial charge is 0.240 e. The van der Waals surface area contributed by atoms with E-state index in [1.807, 2.05) is 0 Å². The van der Waals surface area contributed by atoms with Gasteiger partial charge in [-0.05, 0) is 44.0 Å². The van der Waals surface area contributed by atoms with Crippen molar-refractivity contribution in [2.75, 3.05) is 49.1 Å². The van der Waals surface area contributed by atoms with Crippen molar-refractivity contribution in [1.82, 2.24) is 9.88 Å². The van der Waals surface area contributed by atoms with Crippen LogP contribution >= 0.6 is 11.3 Å². The summed E-state index contributed by atoms with van der Waals surface area (Å²) in [5.74, 6) is 0.625. The van der Waals surface area contributed by atoms with Gasteiger partial charge < -0.3 is 15.5 Å². The largest absolute Gasteiger partial charge is 0.369 e. The minimum atomic E-state index is -0.268. The molecule has 1 aromatic heterocycles. The molecule has 2 saturated heterocycles. The average molecular weight is 411 g/mol. The lowest BCUT2D eigenvalue weighted by Crippen LogP contribution is -2.46. The third kappa shape index (κ3) is 4.07. The second kappa shape index (κ2) is 8.39. The van der Waals surface area contributed by atoms with Gasteiger partial charge in [-0.15, -0.1) is 11.3 Å². The molecule has 29 heavy (non-hydrogen) atoms. The van der Waals surface area contributed by atoms with E-state index >= 15 is 0 Å². The van der Waals surface area contributed by atoms with Crippen LogP contribution in [0.3, 0.4) is 0 Å². The number of aromatic nitrogens is 1. The fourth-order valence-electron chi connectivity index (χ4n) is 4.17. The van der Waals surface area contributed by atoms with Crippen molar-refractivity contribution in [2.45, 2.75) is 25.8 Å². The topological polar surface area (TPSA) is 89.5 Å². The number of carbonyl (C=O) groups is 1. The number of piperazine rings is 1. The number of primary amides is 1. The van der Waals surface area contributed by atoms with Crippen LogP contribution in [0.2, 0.25) is 0 Å². The molecule has 0 radical (unpaired) electrons. The molecule has 2 aliphatic heterocycles. The molecule has 8 heteroatoms. The first-order valence-corrected chi connectivity index (χ1v) is 10.9. The standard InChI is InChI=1S/C21H26N6OS/c1-15-20(27-9-2-3-18(27)19(23)28)24-21(29-15)16-4-6-17(7-5-16)26-13-11-25(10-8-22)12-14-26/h4-7,18H,2-3,9-14H2,1H3,(H2,23,28)/t18-/m0/s1. The van der Waals surface area contributed by atoms with E-state index in [9.17, 15) is 4.79 Å². The molecule has 2 aromatic rings. The Hall–Kier alpha value is -2.63. The van der Waals surface area contributed by atoms with Gasteiger partial charge in [-0.2, -0.15) is 5.26 Å². The van der Waals surface area contributed by atoms with E-state index in [4.69, 9.17) is 16.0 Å². The molecule has 0 saturated carbocycles. The molecule has 152 valence electrons. The molecule has 1 atom stereocenters. The van der Waals surface area contributed by atoms with Crippen molar-refractivity contribution < 1.29 is 4.79 Å². The van der Waals surface area contributed by atoms with Crippen LogP contribution in [0.15, 0.2) is 24.3 Å². The Morgan fingerprint density at radius 1 is 1.24 bits per heavy atom. The van der Waals surface area contributed by atoms with Gasteiger partial charge in [-0.3, -0.25) is 9.69 Å². The van der Waals surface area contributed by atoms with Gasteiger partial charge in [0, 0.05) is 48.9 Å². The van der Waals surface area contributed by atoms with E-state index in [0.29, 0.717) is 6.54 Å². The Bertz CT molecular complexity index is 910. The van der Waals surface area contributed by atoms with Gasteiger partial charge >= 0.3 is 0 Å². The van der Waals surface area contributed by atoms with Crippen LogP contribution in [0, 0.1) is 18.3 Å². The second-order valence-corrected chi connectivity index (χ2v) is 8.82. The van der Waals surface area contributed by atoms with Crippen molar-refractivity contribution in [3.63, 3.8) is 0 Å². The van der Waals surface area contributed by atoms with Crippen LogP contribution in [0.1, 0.15) is 17.7 Å². The van der Waals surface area contributed by atoms with E-state index in [0.717, 1.165) is 66.8 Å². The van der Waals surface area contributed by atoms with Gasteiger partial charge in [-0.1, -0.05) is 0 Å². The van der Waals surface area contributed by atoms with Crippen molar-refractivity contribution in [3.8, 4) is 16.6 Å². The lowest BCUT2D eigenvalue weighted by molar-refractivity contribution is -0.119. The lowest BCUT2D eigenvalue weighted by atomic mass is 10.2. The third-order valence-corrected chi connectivity index (χ3v) is 6.78. The Kier molecular flexibility index (Phi) is 5.69. The van der Waals surface area contributed by atoms with Crippen molar-refractivity contribution in [3.05, 3.63) is 29.1 Å². The number of nitriles is 1. The number of hydrogen-bond donors (Lipinski definition) is 1. The summed E-state index contributed by atoms with van der Waals surface area (Å²) < 4.78 is 0. The first-order valence-electron chi connectivity index (χ1n) is 10.0. The number of hydrogen-bond acceptors (Lipinski definition) is 7. The zero-order valence-corrected chi connectivity index (χ0v) is 17.5. The monoisotopic (exact) mass is 410 g/mol. The number of carbonyl (C=O) groups excluding carboxylic acids is 1. The highest BCUT2D eigenvalue weighted by molar-refractivity contribution is 7.15. The summed E-state index contributed by atoms with van der Waals surface area (Å²) in [6.07, 6.45) is 1.77. The number of thiazole rings is 1. The predicted molar refractivity (Wildman–Crippen MR) is 116 cm³/mol. The SMILES string of the molecule is Cc1sc(-c2ccc(N3CCN(CC#N)CC3)cc2)nc1N1CCC[C@H]1C(N)=O. The molecule has 0 unspecified atom stereocenters. The normalized spacial score (nSPS) is 20.1. The van der Waals surface area contributed by atoms with Gasteiger partial charge in [-0.25, -0.2) is 4.98 Å². The zero-order valence-electron chi connectivity index (χ0n) is 16.7. The number of aryl methyl sites for hydroxylation is 1. The van der Waals surface area contributed by atoms with Gasteiger partial charge in [0.2, 0.25) is 5.91 Å². The molecular formula is C21H26N6OS. The van der Waals surface area contributed by atoms with E-state index < -0.39 is 0 Å². The molecule has 0 spiro atoms. The summed E-state index contributed by atoms with van der Waals surface area (Å²) in [6.45, 7) is 7.10. The molecule has 3 heterocycles. The van der Waals surface area contributed by atoms with Crippen LogP contribution < -0.4 is 15.5 Å². The molecule has 0 bridgehead atoms. The van der Waals surface area contributed by atoms with Crippen LogP contribution in [0.25, 0.3) is 10.6 Å². The van der Waals surface area contributed by atoms with Crippen LogP contribution in [-0.2, 0) is 4.79 Å². The van der Waals surface area contributed by atoms with Crippen LogP contribution in [0.5, 0.6) is 0 Å². The highest BCUT2D eigenvalue weighted by Gasteiger charge is 2.32. The molecule has 1 amide bonds. The van der Waals surface area contributed by atoms with Gasteiger partial charge in [0.05, 0.1) is 12.6 Å². The summed E-state index contributed by atoms with van der Waals surface area (Å²) in [4.78, 5) is 24.3. The summed E-state index contributed by atoms with van der Waals surface area (Å²) >= 11 is 1.66. The van der Waals surface area contributed by atoms with Gasteiger partial charge in [0.25, 0.3) is 0 Å². The van der Waals surface area contributed by atoms with Crippen LogP contribution in [-0.4, -0.2) is 61.1 Å². The van der Waals surface area contributed by atoms with E-state index in [-0.39, 0.29) is 11.9 Å². The molecule has 2 N–H and O–H groups in total. The second-order valence-electron chi connectivity index (χ2n) is 7.62. The fraction of sp³-hybridized carbons (Fsp3) is 0.476. The first kappa shape index (κ1) is 19.7. The summed E-state index contributed by atoms with van der Waals surface area (Å²) in [6, 6.07) is 10.5.